The Morgan fingerprint density at radius 3 is 1.12 bits per heavy atom. The number of aliphatic carboxylic acids is 2. The number of aliphatic hydroxyl groups excluding tert-OH is 4. The van der Waals surface area contributed by atoms with Gasteiger partial charge < -0.3 is 41.3 Å². The zero-order valence-electron chi connectivity index (χ0n) is 21.9. The van der Waals surface area contributed by atoms with Crippen molar-refractivity contribution in [3.63, 3.8) is 0 Å². The number of rotatable bonds is 13. The zero-order valence-corrected chi connectivity index (χ0v) is 21.9. The van der Waals surface area contributed by atoms with Crippen LogP contribution in [0.3, 0.4) is 0 Å². The van der Waals surface area contributed by atoms with E-state index < -0.39 is 36.4 Å². The third-order valence-corrected chi connectivity index (χ3v) is 4.79. The minimum atomic E-state index is -2.36. The quantitative estimate of drug-likeness (QED) is 0.175. The van der Waals surface area contributed by atoms with Gasteiger partial charge >= 0.3 is 11.9 Å². The average molecular weight is 493 g/mol. The summed E-state index contributed by atoms with van der Waals surface area (Å²) in [6.45, 7) is 13.0. The molecule has 34 heavy (non-hydrogen) atoms. The first-order chi connectivity index (χ1) is 15.6. The van der Waals surface area contributed by atoms with Gasteiger partial charge in [0.15, 0.2) is 12.2 Å². The van der Waals surface area contributed by atoms with E-state index >= 15 is 0 Å². The van der Waals surface area contributed by atoms with Crippen LogP contribution in [0.15, 0.2) is 23.3 Å². The molecule has 0 radical (unpaired) electrons. The van der Waals surface area contributed by atoms with Gasteiger partial charge in [0.1, 0.15) is 12.2 Å². The van der Waals surface area contributed by atoms with E-state index in [1.165, 1.54) is 36.8 Å². The Bertz CT molecular complexity index is 550. The average Bonchev–Trinajstić information content (AvgIpc) is 2.76. The summed E-state index contributed by atoms with van der Waals surface area (Å²) < 4.78 is 0. The maximum atomic E-state index is 10.1. The molecule has 0 saturated carbocycles. The smallest absolute Gasteiger partial charge is 0.335 e. The minimum Gasteiger partial charge on any atom is -0.479 e. The molecule has 0 aromatic carbocycles. The molecule has 0 bridgehead atoms. The topological polar surface area (TPSA) is 180 Å². The van der Waals surface area contributed by atoms with Gasteiger partial charge in [0.05, 0.1) is 0 Å². The van der Waals surface area contributed by atoms with Crippen molar-refractivity contribution in [1.29, 1.82) is 0 Å². The third-order valence-electron chi connectivity index (χ3n) is 4.79. The molecule has 0 aromatic rings. The molecule has 10 nitrogen and oxygen atoms in total. The number of carbonyl (C=O) groups is 2. The van der Waals surface area contributed by atoms with Gasteiger partial charge in [-0.15, -0.1) is 0 Å². The summed E-state index contributed by atoms with van der Waals surface area (Å²) in [4.78, 5) is 20.2. The Morgan fingerprint density at radius 2 is 0.941 bits per heavy atom. The van der Waals surface area contributed by atoms with Crippen LogP contribution in [0.5, 0.6) is 0 Å². The Morgan fingerprint density at radius 1 is 0.676 bits per heavy atom. The zero-order chi connectivity index (χ0) is 27.4. The maximum Gasteiger partial charge on any atom is 0.335 e. The molecule has 0 aromatic heterocycles. The predicted octanol–water partition coefficient (Wildman–Crippen LogP) is 1.28. The van der Waals surface area contributed by atoms with Crippen LogP contribution in [0.2, 0.25) is 0 Å². The van der Waals surface area contributed by atoms with Gasteiger partial charge in [-0.3, -0.25) is 0 Å². The summed E-state index contributed by atoms with van der Waals surface area (Å²) in [5, 5.41) is 57.9. The van der Waals surface area contributed by atoms with Crippen LogP contribution in [0.1, 0.15) is 67.2 Å². The van der Waals surface area contributed by atoms with Crippen LogP contribution in [-0.2, 0) is 9.59 Å². The second-order valence-corrected chi connectivity index (χ2v) is 8.64. The highest BCUT2D eigenvalue weighted by atomic mass is 16.4. The lowest BCUT2D eigenvalue weighted by Gasteiger charge is -2.21. The summed E-state index contributed by atoms with van der Waals surface area (Å²) in [6, 6.07) is 1.30. The van der Waals surface area contributed by atoms with Gasteiger partial charge in [-0.05, 0) is 81.3 Å². The third kappa shape index (κ3) is 22.0. The van der Waals surface area contributed by atoms with Crippen LogP contribution >= 0.6 is 0 Å². The normalized spacial score (nSPS) is 15.5. The van der Waals surface area contributed by atoms with Gasteiger partial charge in [0.2, 0.25) is 0 Å². The summed E-state index contributed by atoms with van der Waals surface area (Å²) in [7, 11) is 4.01. The number of hydrogen-bond acceptors (Lipinski definition) is 8. The Kier molecular flexibility index (Phi) is 23.4. The van der Waals surface area contributed by atoms with Gasteiger partial charge in [0, 0.05) is 12.1 Å². The molecule has 0 saturated heterocycles. The number of aliphatic hydroxyl groups is 4. The Hall–Kier alpha value is -1.82. The highest BCUT2D eigenvalue weighted by Crippen LogP contribution is 2.05. The van der Waals surface area contributed by atoms with Gasteiger partial charge in [-0.25, -0.2) is 9.59 Å². The van der Waals surface area contributed by atoms with Crippen LogP contribution in [0.25, 0.3) is 0 Å². The predicted molar refractivity (Wildman–Crippen MR) is 134 cm³/mol. The summed E-state index contributed by atoms with van der Waals surface area (Å²) in [6.07, 6.45) is 0.162. The van der Waals surface area contributed by atoms with Gasteiger partial charge in [-0.2, -0.15) is 0 Å². The molecule has 0 heterocycles. The molecule has 0 amide bonds. The van der Waals surface area contributed by atoms with E-state index in [2.05, 4.69) is 64.3 Å². The van der Waals surface area contributed by atoms with Crippen LogP contribution < -0.4 is 10.6 Å². The Labute approximate surface area is 204 Å². The largest absolute Gasteiger partial charge is 0.479 e. The van der Waals surface area contributed by atoms with Crippen molar-refractivity contribution >= 4 is 11.9 Å². The molecule has 0 aliphatic carbocycles. The lowest BCUT2D eigenvalue weighted by Crippen LogP contribution is -2.49. The second-order valence-electron chi connectivity index (χ2n) is 8.64. The molecule has 10 heteroatoms. The fraction of sp³-hybridized carbons (Fsp3) is 0.750. The van der Waals surface area contributed by atoms with E-state index in [4.69, 9.17) is 30.6 Å². The van der Waals surface area contributed by atoms with Crippen molar-refractivity contribution < 1.29 is 40.2 Å². The second kappa shape index (κ2) is 21.7. The summed E-state index contributed by atoms with van der Waals surface area (Å²) >= 11 is 0. The van der Waals surface area contributed by atoms with E-state index in [0.29, 0.717) is 12.1 Å². The lowest BCUT2D eigenvalue weighted by molar-refractivity contribution is -0.172. The van der Waals surface area contributed by atoms with Crippen molar-refractivity contribution in [2.24, 2.45) is 0 Å². The van der Waals surface area contributed by atoms with E-state index in [-0.39, 0.29) is 0 Å². The molecule has 0 spiro atoms. The molecule has 0 fully saturated rings. The van der Waals surface area contributed by atoms with Crippen LogP contribution in [0.4, 0.5) is 0 Å². The highest BCUT2D eigenvalue weighted by molar-refractivity contribution is 5.75. The SMILES string of the molecule is CN[C@@H](C)CCC=C(C)C.CN[C@@H](C)CCC=C(C)C.O=C(O)[C@@H](O)[C@@H](O)[C@@H](O)[C@@H](O)C(=O)O. The number of carboxylic acids is 2. The fourth-order valence-corrected chi connectivity index (χ4v) is 2.20. The van der Waals surface area contributed by atoms with Crippen LogP contribution in [-0.4, -0.2) is 93.2 Å². The number of allylic oxidation sites excluding steroid dienone is 4. The van der Waals surface area contributed by atoms with Crippen molar-refractivity contribution in [3.05, 3.63) is 23.3 Å². The Balaban J connectivity index is -0.000000434. The number of nitrogens with one attached hydrogen (secondary N) is 2. The van der Waals surface area contributed by atoms with Crippen LogP contribution in [0, 0.1) is 0 Å². The number of carboxylic acid groups (broad SMARTS) is 2. The molecule has 0 aliphatic rings. The number of hydrogen-bond donors (Lipinski definition) is 8. The van der Waals surface area contributed by atoms with Crippen molar-refractivity contribution in [1.82, 2.24) is 10.6 Å². The van der Waals surface area contributed by atoms with E-state index in [0.717, 1.165) is 0 Å². The van der Waals surface area contributed by atoms with Crippen molar-refractivity contribution in [2.45, 2.75) is 104 Å². The fourth-order valence-electron chi connectivity index (χ4n) is 2.20. The van der Waals surface area contributed by atoms with Gasteiger partial charge in [-0.1, -0.05) is 23.3 Å². The molecular weight excluding hydrogens is 444 g/mol. The monoisotopic (exact) mass is 492 g/mol. The lowest BCUT2D eigenvalue weighted by atomic mass is 10.0. The molecule has 0 aliphatic heterocycles. The van der Waals surface area contributed by atoms with E-state index in [1.807, 2.05) is 14.1 Å². The van der Waals surface area contributed by atoms with Crippen molar-refractivity contribution in [3.8, 4) is 0 Å². The molecule has 6 atom stereocenters. The van der Waals surface area contributed by atoms with E-state index in [9.17, 15) is 9.59 Å². The first kappa shape index (κ1) is 36.7. The molecule has 0 rings (SSSR count). The first-order valence-electron chi connectivity index (χ1n) is 11.4. The maximum absolute atomic E-state index is 10.1. The molecule has 0 unspecified atom stereocenters. The summed E-state index contributed by atoms with van der Waals surface area (Å²) in [5.74, 6) is -3.68. The summed E-state index contributed by atoms with van der Waals surface area (Å²) in [5.41, 5.74) is 2.84. The highest BCUT2D eigenvalue weighted by Gasteiger charge is 2.37. The standard InChI is InChI=1S/2C9H19N.C6H10O8/c2*1-8(2)6-5-7-9(3)10-4;7-1(3(9)5(11)12)2(8)4(10)6(13)14/h2*6,9-10H,5,7H2,1-4H3;1-4,7-10H,(H,11,12)(H,13,14)/t2*9-;1-,2+,3-,4+/m00./s1. The van der Waals surface area contributed by atoms with Gasteiger partial charge in [0.25, 0.3) is 0 Å². The van der Waals surface area contributed by atoms with Crippen molar-refractivity contribution in [2.75, 3.05) is 14.1 Å². The molecular formula is C24H48N2O8. The molecule has 202 valence electrons. The minimum absolute atomic E-state index is 0.649. The molecule has 8 N–H and O–H groups in total. The van der Waals surface area contributed by atoms with E-state index in [1.54, 1.807) is 0 Å². The first-order valence-corrected chi connectivity index (χ1v) is 11.4.